The van der Waals surface area contributed by atoms with Gasteiger partial charge in [0.1, 0.15) is 0 Å². The molecule has 1 rings (SSSR count). The predicted molar refractivity (Wildman–Crippen MR) is 60.6 cm³/mol. The van der Waals surface area contributed by atoms with Crippen LogP contribution >= 0.6 is 12.8 Å². The average molecular weight is 208 g/mol. The Morgan fingerprint density at radius 1 is 1.29 bits per heavy atom. The number of hydrogen-bond donors (Lipinski definition) is 1. The maximum absolute atomic E-state index is 11.4. The van der Waals surface area contributed by atoms with Crippen LogP contribution in [0.1, 0.15) is 36.7 Å². The standard InChI is InChI=1S/C11H14NOS/c1-11(2,3)9-7-5-4-6-8(9)10(13)12-14/h4-7,14H,1-3H3/q+1. The molecule has 2 nitrogen and oxygen atoms in total. The van der Waals surface area contributed by atoms with Gasteiger partial charge < -0.3 is 0 Å². The highest BCUT2D eigenvalue weighted by Crippen LogP contribution is 2.25. The molecule has 1 aromatic carbocycles. The van der Waals surface area contributed by atoms with E-state index in [4.69, 9.17) is 0 Å². The van der Waals surface area contributed by atoms with E-state index in [-0.39, 0.29) is 11.3 Å². The third kappa shape index (κ3) is 2.36. The molecule has 0 bridgehead atoms. The van der Waals surface area contributed by atoms with E-state index in [9.17, 15) is 4.79 Å². The maximum atomic E-state index is 11.4. The van der Waals surface area contributed by atoms with Crippen LogP contribution in [0.5, 0.6) is 0 Å². The van der Waals surface area contributed by atoms with Crippen molar-refractivity contribution < 1.29 is 4.79 Å². The van der Waals surface area contributed by atoms with E-state index in [0.717, 1.165) is 5.56 Å². The van der Waals surface area contributed by atoms with Gasteiger partial charge >= 0.3 is 5.91 Å². The minimum absolute atomic E-state index is 0.0509. The van der Waals surface area contributed by atoms with Gasteiger partial charge in [0.2, 0.25) is 4.72 Å². The zero-order valence-corrected chi connectivity index (χ0v) is 9.51. The van der Waals surface area contributed by atoms with Crippen molar-refractivity contribution in [2.75, 3.05) is 0 Å². The van der Waals surface area contributed by atoms with Crippen molar-refractivity contribution in [2.45, 2.75) is 26.2 Å². The molecule has 3 heteroatoms. The molecule has 0 fully saturated rings. The minimum Gasteiger partial charge on any atom is -0.212 e. The van der Waals surface area contributed by atoms with Crippen molar-refractivity contribution in [3.63, 3.8) is 0 Å². The molecule has 14 heavy (non-hydrogen) atoms. The molecule has 0 aliphatic heterocycles. The lowest BCUT2D eigenvalue weighted by Gasteiger charge is -2.19. The molecule has 0 N–H and O–H groups in total. The maximum Gasteiger partial charge on any atom is 0.469 e. The fourth-order valence-electron chi connectivity index (χ4n) is 1.38. The number of nitrogens with zero attached hydrogens (tertiary/aromatic N) is 1. The Kier molecular flexibility index (Phi) is 3.34. The lowest BCUT2D eigenvalue weighted by Crippen LogP contribution is -2.18. The zero-order valence-electron chi connectivity index (χ0n) is 8.61. The fraction of sp³-hybridized carbons (Fsp3) is 0.364. The van der Waals surface area contributed by atoms with Crippen LogP contribution in [0.4, 0.5) is 0 Å². The van der Waals surface area contributed by atoms with Crippen LogP contribution in [0.25, 0.3) is 0 Å². The molecule has 2 radical (unpaired) electrons. The number of hydrogen-bond acceptors (Lipinski definition) is 2. The Balaban J connectivity index is 3.23. The summed E-state index contributed by atoms with van der Waals surface area (Å²) in [5.74, 6) is -0.279. The minimum atomic E-state index is -0.279. The molecule has 0 atom stereocenters. The summed E-state index contributed by atoms with van der Waals surface area (Å²) in [6, 6.07) is 7.49. The van der Waals surface area contributed by atoms with Gasteiger partial charge in [-0.1, -0.05) is 39.0 Å². The van der Waals surface area contributed by atoms with Gasteiger partial charge in [0.15, 0.2) is 12.8 Å². The van der Waals surface area contributed by atoms with Crippen LogP contribution in [-0.4, -0.2) is 5.91 Å². The third-order valence-electron chi connectivity index (χ3n) is 2.06. The Morgan fingerprint density at radius 3 is 2.36 bits per heavy atom. The lowest BCUT2D eigenvalue weighted by molar-refractivity contribution is 0.0980. The molecule has 0 spiro atoms. The van der Waals surface area contributed by atoms with Crippen molar-refractivity contribution >= 4 is 18.7 Å². The molecular formula is C11H14NOS+. The molecular weight excluding hydrogens is 194 g/mol. The van der Waals surface area contributed by atoms with Crippen molar-refractivity contribution in [1.29, 1.82) is 0 Å². The first-order valence-corrected chi connectivity index (χ1v) is 4.86. The second-order valence-electron chi connectivity index (χ2n) is 4.20. The summed E-state index contributed by atoms with van der Waals surface area (Å²) >= 11 is 3.65. The van der Waals surface area contributed by atoms with E-state index in [0.29, 0.717) is 5.56 Å². The molecule has 1 aromatic rings. The summed E-state index contributed by atoms with van der Waals surface area (Å²) in [7, 11) is 0. The Hall–Kier alpha value is -0.800. The highest BCUT2D eigenvalue weighted by atomic mass is 32.1. The van der Waals surface area contributed by atoms with Crippen LogP contribution < -0.4 is 4.72 Å². The van der Waals surface area contributed by atoms with Crippen LogP contribution in [-0.2, 0) is 5.41 Å². The fourth-order valence-corrected chi connectivity index (χ4v) is 1.49. The van der Waals surface area contributed by atoms with Gasteiger partial charge in [-0.3, -0.25) is 0 Å². The van der Waals surface area contributed by atoms with Crippen LogP contribution in [0.15, 0.2) is 24.3 Å². The quantitative estimate of drug-likeness (QED) is 0.707. The van der Waals surface area contributed by atoms with Crippen molar-refractivity contribution in [2.24, 2.45) is 0 Å². The van der Waals surface area contributed by atoms with Crippen molar-refractivity contribution in [3.05, 3.63) is 35.4 Å². The second-order valence-corrected chi connectivity index (χ2v) is 4.40. The molecule has 0 aliphatic rings. The van der Waals surface area contributed by atoms with Gasteiger partial charge in [-0.25, -0.2) is 4.79 Å². The Labute approximate surface area is 90.3 Å². The molecule has 74 valence electrons. The third-order valence-corrected chi connectivity index (χ3v) is 2.24. The predicted octanol–water partition coefficient (Wildman–Crippen LogP) is 2.57. The normalized spacial score (nSPS) is 11.4. The van der Waals surface area contributed by atoms with E-state index in [1.54, 1.807) is 6.07 Å². The smallest absolute Gasteiger partial charge is 0.212 e. The number of rotatable bonds is 1. The molecule has 0 unspecified atom stereocenters. The number of amides is 1. The average Bonchev–Trinajstić information content (AvgIpc) is 2.15. The van der Waals surface area contributed by atoms with Crippen LogP contribution in [0.3, 0.4) is 0 Å². The highest BCUT2D eigenvalue weighted by molar-refractivity contribution is 7.78. The number of carbonyl (C=O) groups is 1. The number of benzene rings is 1. The van der Waals surface area contributed by atoms with Gasteiger partial charge in [0.25, 0.3) is 0 Å². The second kappa shape index (κ2) is 4.15. The summed E-state index contributed by atoms with van der Waals surface area (Å²) in [5, 5.41) is 0. The number of carbonyl (C=O) groups excluding carboxylic acids is 1. The van der Waals surface area contributed by atoms with Gasteiger partial charge in [-0.2, -0.15) is 0 Å². The lowest BCUT2D eigenvalue weighted by atomic mass is 9.83. The van der Waals surface area contributed by atoms with Gasteiger partial charge in [-0.15, -0.1) is 0 Å². The topological polar surface area (TPSA) is 31.2 Å². The van der Waals surface area contributed by atoms with E-state index in [2.05, 4.69) is 38.3 Å². The SMILES string of the molecule is CC(C)(C)c1ccccc1C(=O)[N+]S. The van der Waals surface area contributed by atoms with Gasteiger partial charge in [0, 0.05) is 0 Å². The number of thiol groups is 1. The van der Waals surface area contributed by atoms with E-state index in [1.807, 2.05) is 18.2 Å². The summed E-state index contributed by atoms with van der Waals surface area (Å²) in [4.78, 5) is 11.4. The first-order valence-electron chi connectivity index (χ1n) is 4.46. The zero-order chi connectivity index (χ0) is 10.8. The first-order chi connectivity index (χ1) is 6.46. The molecule has 0 saturated carbocycles. The largest absolute Gasteiger partial charge is 0.469 e. The molecule has 0 saturated heterocycles. The van der Waals surface area contributed by atoms with E-state index < -0.39 is 0 Å². The van der Waals surface area contributed by atoms with Gasteiger partial charge in [-0.05, 0) is 17.0 Å². The molecule has 0 aliphatic carbocycles. The summed E-state index contributed by atoms with van der Waals surface area (Å²) in [6.45, 7) is 6.20. The van der Waals surface area contributed by atoms with E-state index >= 15 is 0 Å². The Bertz CT molecular complexity index is 341. The first kappa shape index (κ1) is 11.3. The van der Waals surface area contributed by atoms with Crippen molar-refractivity contribution in [1.82, 2.24) is 4.72 Å². The summed E-state index contributed by atoms with van der Waals surface area (Å²) in [5.41, 5.74) is 1.59. The summed E-state index contributed by atoms with van der Waals surface area (Å²) < 4.78 is 3.39. The monoisotopic (exact) mass is 208 g/mol. The summed E-state index contributed by atoms with van der Waals surface area (Å²) in [6.07, 6.45) is 0. The molecule has 0 aromatic heterocycles. The molecule has 0 heterocycles. The van der Waals surface area contributed by atoms with Crippen molar-refractivity contribution in [3.8, 4) is 0 Å². The Morgan fingerprint density at radius 2 is 1.86 bits per heavy atom. The van der Waals surface area contributed by atoms with Crippen LogP contribution in [0, 0.1) is 0 Å². The highest BCUT2D eigenvalue weighted by Gasteiger charge is 2.27. The van der Waals surface area contributed by atoms with E-state index in [1.165, 1.54) is 0 Å². The van der Waals surface area contributed by atoms with Gasteiger partial charge in [0.05, 0.1) is 5.56 Å². The molecule has 1 amide bonds. The van der Waals surface area contributed by atoms with Crippen LogP contribution in [0.2, 0.25) is 0 Å².